The Labute approximate surface area is 219 Å². The smallest absolute Gasteiger partial charge is 0.410 e. The number of amides is 3. The first-order valence-corrected chi connectivity index (χ1v) is 12.5. The second kappa shape index (κ2) is 10.8. The zero-order valence-electron chi connectivity index (χ0n) is 21.2. The van der Waals surface area contributed by atoms with Crippen molar-refractivity contribution in [2.24, 2.45) is 5.92 Å². The molecule has 3 aromatic heterocycles. The van der Waals surface area contributed by atoms with Crippen LogP contribution in [0, 0.1) is 5.92 Å². The lowest BCUT2D eigenvalue weighted by atomic mass is 9.85. The van der Waals surface area contributed by atoms with E-state index >= 15 is 0 Å². The predicted molar refractivity (Wildman–Crippen MR) is 140 cm³/mol. The number of nitrogens with zero attached hydrogens (tertiary/aromatic N) is 3. The third-order valence-electron chi connectivity index (χ3n) is 6.17. The van der Waals surface area contributed by atoms with Crippen LogP contribution in [0.25, 0.3) is 11.1 Å². The van der Waals surface area contributed by atoms with Gasteiger partial charge in [-0.25, -0.2) is 9.78 Å². The van der Waals surface area contributed by atoms with Gasteiger partial charge in [-0.05, 0) is 70.7 Å². The van der Waals surface area contributed by atoms with Crippen LogP contribution in [0.1, 0.15) is 57.0 Å². The molecule has 1 aliphatic rings. The number of carbonyl (C=O) groups is 3. The van der Waals surface area contributed by atoms with Crippen molar-refractivity contribution in [2.75, 3.05) is 17.7 Å². The van der Waals surface area contributed by atoms with Crippen molar-refractivity contribution in [1.82, 2.24) is 14.9 Å². The molecule has 1 fully saturated rings. The number of furan rings is 1. The summed E-state index contributed by atoms with van der Waals surface area (Å²) in [5.74, 6) is -0.883. The molecule has 10 nitrogen and oxygen atoms in total. The molecule has 3 amide bonds. The highest BCUT2D eigenvalue weighted by molar-refractivity contribution is 6.30. The maximum absolute atomic E-state index is 13.2. The lowest BCUT2D eigenvalue weighted by molar-refractivity contribution is -0.121. The summed E-state index contributed by atoms with van der Waals surface area (Å²) in [5.41, 5.74) is 0.385. The normalized spacial score (nSPS) is 17.8. The fraction of sp³-hybridized carbons (Fsp3) is 0.423. The van der Waals surface area contributed by atoms with Gasteiger partial charge >= 0.3 is 6.09 Å². The fourth-order valence-electron chi connectivity index (χ4n) is 4.26. The summed E-state index contributed by atoms with van der Waals surface area (Å²) >= 11 is 5.87. The minimum Gasteiger partial charge on any atom is -0.447 e. The number of fused-ring (bicyclic) bond motifs is 1. The molecule has 1 saturated carbocycles. The van der Waals surface area contributed by atoms with E-state index in [1.807, 2.05) is 20.8 Å². The fourth-order valence-corrected chi connectivity index (χ4v) is 4.37. The number of carbonyl (C=O) groups excluding carboxylic acids is 3. The summed E-state index contributed by atoms with van der Waals surface area (Å²) in [7, 11) is 1.73. The molecule has 0 spiro atoms. The number of aromatic nitrogens is 2. The minimum absolute atomic E-state index is 0.0106. The van der Waals surface area contributed by atoms with Crippen molar-refractivity contribution in [1.29, 1.82) is 0 Å². The summed E-state index contributed by atoms with van der Waals surface area (Å²) in [5, 5.41) is 5.96. The molecule has 11 heteroatoms. The number of hydrogen-bond donors (Lipinski definition) is 2. The molecule has 1 aliphatic carbocycles. The number of rotatable bonds is 5. The average molecular weight is 528 g/mol. The van der Waals surface area contributed by atoms with Gasteiger partial charge < -0.3 is 24.7 Å². The number of nitrogens with one attached hydrogen (secondary N) is 2. The average Bonchev–Trinajstić information content (AvgIpc) is 3.22. The maximum atomic E-state index is 13.2. The molecular formula is C26H30ClN5O5. The second-order valence-corrected chi connectivity index (χ2v) is 10.5. The van der Waals surface area contributed by atoms with Crippen LogP contribution < -0.4 is 10.6 Å². The molecule has 0 aromatic carbocycles. The van der Waals surface area contributed by atoms with E-state index in [9.17, 15) is 14.4 Å². The van der Waals surface area contributed by atoms with E-state index in [1.165, 1.54) is 6.20 Å². The molecule has 0 unspecified atom stereocenters. The molecule has 3 heterocycles. The van der Waals surface area contributed by atoms with Crippen LogP contribution in [0.5, 0.6) is 0 Å². The molecule has 0 bridgehead atoms. The molecule has 196 valence electrons. The molecule has 2 N–H and O–H groups in total. The Morgan fingerprint density at radius 3 is 2.46 bits per heavy atom. The Hall–Kier alpha value is -3.66. The lowest BCUT2D eigenvalue weighted by Gasteiger charge is -2.35. The van der Waals surface area contributed by atoms with Crippen molar-refractivity contribution in [3.63, 3.8) is 0 Å². The second-order valence-electron chi connectivity index (χ2n) is 10.1. The molecule has 37 heavy (non-hydrogen) atoms. The molecule has 3 aromatic rings. The van der Waals surface area contributed by atoms with Gasteiger partial charge in [-0.3, -0.25) is 14.6 Å². The topological polar surface area (TPSA) is 127 Å². The molecule has 0 atom stereocenters. The zero-order valence-corrected chi connectivity index (χ0v) is 22.0. The molecule has 4 rings (SSSR count). The van der Waals surface area contributed by atoms with Crippen molar-refractivity contribution >= 4 is 52.1 Å². The minimum atomic E-state index is -0.578. The number of halogens is 1. The Bertz CT molecular complexity index is 1290. The van der Waals surface area contributed by atoms with Gasteiger partial charge in [0.25, 0.3) is 5.91 Å². The van der Waals surface area contributed by atoms with E-state index in [0.29, 0.717) is 41.8 Å². The Balaban J connectivity index is 1.45. The van der Waals surface area contributed by atoms with E-state index in [1.54, 1.807) is 42.4 Å². The highest BCUT2D eigenvalue weighted by atomic mass is 35.5. The number of pyridine rings is 2. The summed E-state index contributed by atoms with van der Waals surface area (Å²) in [4.78, 5) is 48.7. The van der Waals surface area contributed by atoms with E-state index in [0.717, 1.165) is 0 Å². The van der Waals surface area contributed by atoms with E-state index in [4.69, 9.17) is 20.8 Å². The summed E-state index contributed by atoms with van der Waals surface area (Å²) in [6, 6.07) is 6.51. The first-order valence-electron chi connectivity index (χ1n) is 12.1. The molecule has 0 saturated heterocycles. The van der Waals surface area contributed by atoms with E-state index in [2.05, 4.69) is 20.6 Å². The van der Waals surface area contributed by atoms with Crippen LogP contribution in [0.4, 0.5) is 16.3 Å². The van der Waals surface area contributed by atoms with Gasteiger partial charge in [0, 0.05) is 31.4 Å². The lowest BCUT2D eigenvalue weighted by Crippen LogP contribution is -2.43. The third-order valence-corrected chi connectivity index (χ3v) is 6.39. The van der Waals surface area contributed by atoms with Gasteiger partial charge in [-0.2, -0.15) is 0 Å². The zero-order chi connectivity index (χ0) is 26.7. The third kappa shape index (κ3) is 6.37. The van der Waals surface area contributed by atoms with Crippen molar-refractivity contribution in [3.8, 4) is 0 Å². The SMILES string of the molecule is CN(C(=O)OC(C)(C)C)C1CCC(C(=O)Nc2c(C(=O)Nc3ccc(Cl)cn3)oc3cccnc23)CC1. The van der Waals surface area contributed by atoms with Gasteiger partial charge in [-0.15, -0.1) is 0 Å². The van der Waals surface area contributed by atoms with Crippen molar-refractivity contribution in [3.05, 3.63) is 47.4 Å². The molecule has 0 aliphatic heterocycles. The molecular weight excluding hydrogens is 498 g/mol. The first-order chi connectivity index (χ1) is 17.5. The van der Waals surface area contributed by atoms with E-state index in [-0.39, 0.29) is 41.2 Å². The first kappa shape index (κ1) is 26.4. The Morgan fingerprint density at radius 1 is 1.08 bits per heavy atom. The quantitative estimate of drug-likeness (QED) is 0.449. The van der Waals surface area contributed by atoms with Gasteiger partial charge in [0.05, 0.1) is 5.02 Å². The van der Waals surface area contributed by atoms with Crippen LogP contribution in [0.2, 0.25) is 5.02 Å². The monoisotopic (exact) mass is 527 g/mol. The van der Waals surface area contributed by atoms with Gasteiger partial charge in [0.1, 0.15) is 22.6 Å². The highest BCUT2D eigenvalue weighted by Gasteiger charge is 2.33. The van der Waals surface area contributed by atoms with Crippen LogP contribution in [-0.4, -0.2) is 51.5 Å². The Kier molecular flexibility index (Phi) is 7.68. The summed E-state index contributed by atoms with van der Waals surface area (Å²) in [6.45, 7) is 5.48. The van der Waals surface area contributed by atoms with Crippen LogP contribution >= 0.6 is 11.6 Å². The number of ether oxygens (including phenoxy) is 1. The van der Waals surface area contributed by atoms with E-state index < -0.39 is 11.5 Å². The highest BCUT2D eigenvalue weighted by Crippen LogP contribution is 2.33. The Morgan fingerprint density at radius 2 is 1.81 bits per heavy atom. The van der Waals surface area contributed by atoms with Gasteiger partial charge in [0.15, 0.2) is 5.58 Å². The predicted octanol–water partition coefficient (Wildman–Crippen LogP) is 5.49. The largest absolute Gasteiger partial charge is 0.447 e. The molecule has 0 radical (unpaired) electrons. The maximum Gasteiger partial charge on any atom is 0.410 e. The summed E-state index contributed by atoms with van der Waals surface area (Å²) in [6.07, 6.45) is 5.10. The van der Waals surface area contributed by atoms with Gasteiger partial charge in [-0.1, -0.05) is 11.6 Å². The van der Waals surface area contributed by atoms with Crippen molar-refractivity contribution in [2.45, 2.75) is 58.1 Å². The van der Waals surface area contributed by atoms with Crippen LogP contribution in [-0.2, 0) is 9.53 Å². The standard InChI is InChI=1S/C26H30ClN5O5/c1-26(2,3)37-25(35)32(4)17-10-7-15(8-11-17)23(33)31-21-20-18(6-5-13-28-20)36-22(21)24(34)30-19-12-9-16(27)14-29-19/h5-6,9,12-15,17H,7-8,10-11H2,1-4H3,(H,31,33)(H,29,30,34). The van der Waals surface area contributed by atoms with Crippen molar-refractivity contribution < 1.29 is 23.5 Å². The number of anilines is 2. The summed E-state index contributed by atoms with van der Waals surface area (Å²) < 4.78 is 11.2. The van der Waals surface area contributed by atoms with Crippen LogP contribution in [0.15, 0.2) is 41.1 Å². The van der Waals surface area contributed by atoms with Crippen LogP contribution in [0.3, 0.4) is 0 Å². The number of hydrogen-bond acceptors (Lipinski definition) is 7. The van der Waals surface area contributed by atoms with Gasteiger partial charge in [0.2, 0.25) is 11.7 Å².